The van der Waals surface area contributed by atoms with Gasteiger partial charge >= 0.3 is 0 Å². The van der Waals surface area contributed by atoms with Crippen LogP contribution in [0, 0.1) is 19.8 Å². The van der Waals surface area contributed by atoms with Gasteiger partial charge in [0.15, 0.2) is 10.8 Å². The lowest BCUT2D eigenvalue weighted by Gasteiger charge is -2.30. The van der Waals surface area contributed by atoms with Crippen molar-refractivity contribution in [3.63, 3.8) is 0 Å². The summed E-state index contributed by atoms with van der Waals surface area (Å²) in [7, 11) is 0. The number of carbonyl (C=O) groups excluding carboxylic acids is 1. The second kappa shape index (κ2) is 8.85. The number of furan rings is 1. The summed E-state index contributed by atoms with van der Waals surface area (Å²) >= 11 is 1.39. The van der Waals surface area contributed by atoms with Crippen molar-refractivity contribution in [1.82, 2.24) is 15.6 Å². The summed E-state index contributed by atoms with van der Waals surface area (Å²) in [5.74, 6) is 2.02. The molecule has 0 bridgehead atoms. The molecule has 2 unspecified atom stereocenters. The van der Waals surface area contributed by atoms with Crippen LogP contribution < -0.4 is 10.6 Å². The van der Waals surface area contributed by atoms with Crippen molar-refractivity contribution < 1.29 is 9.21 Å². The molecule has 1 saturated heterocycles. The number of hydrogen-bond donors (Lipinski definition) is 2. The minimum atomic E-state index is -0.0370. The number of amides is 1. The van der Waals surface area contributed by atoms with Gasteiger partial charge in [0.25, 0.3) is 5.91 Å². The highest BCUT2D eigenvalue weighted by Gasteiger charge is 2.25. The van der Waals surface area contributed by atoms with E-state index in [9.17, 15) is 4.79 Å². The van der Waals surface area contributed by atoms with Gasteiger partial charge in [0.05, 0.1) is 5.69 Å². The summed E-state index contributed by atoms with van der Waals surface area (Å²) in [5, 5.41) is 7.22. The largest absolute Gasteiger partial charge is 0.459 e. The van der Waals surface area contributed by atoms with Gasteiger partial charge in [-0.05, 0) is 44.9 Å². The number of halogens is 2. The van der Waals surface area contributed by atoms with E-state index < -0.39 is 0 Å². The van der Waals surface area contributed by atoms with E-state index >= 15 is 0 Å². The highest BCUT2D eigenvalue weighted by atomic mass is 35.5. The third-order valence-corrected chi connectivity index (χ3v) is 5.27. The van der Waals surface area contributed by atoms with Gasteiger partial charge < -0.3 is 15.1 Å². The Bertz CT molecular complexity index is 687. The van der Waals surface area contributed by atoms with Crippen molar-refractivity contribution >= 4 is 42.1 Å². The maximum Gasteiger partial charge on any atom is 0.263 e. The molecule has 3 heterocycles. The van der Waals surface area contributed by atoms with Gasteiger partial charge in [0.2, 0.25) is 0 Å². The molecule has 5 nitrogen and oxygen atoms in total. The normalized spacial score (nSPS) is 20.0. The van der Waals surface area contributed by atoms with Crippen LogP contribution in [0.3, 0.4) is 0 Å². The Balaban J connectivity index is 0.00000144. The first kappa shape index (κ1) is 21.0. The SMILES string of the molecule is Cc1ccc(-c2nc(C)c(C(=O)NC3CNCCC3C)s2)o1.Cl.Cl. The molecule has 1 fully saturated rings. The van der Waals surface area contributed by atoms with Crippen molar-refractivity contribution in [2.24, 2.45) is 5.92 Å². The van der Waals surface area contributed by atoms with E-state index in [2.05, 4.69) is 22.5 Å². The van der Waals surface area contributed by atoms with Crippen molar-refractivity contribution in [2.75, 3.05) is 13.1 Å². The highest BCUT2D eigenvalue weighted by Crippen LogP contribution is 2.29. The Morgan fingerprint density at radius 2 is 2.12 bits per heavy atom. The van der Waals surface area contributed by atoms with Crippen LogP contribution in [-0.2, 0) is 0 Å². The van der Waals surface area contributed by atoms with Crippen LogP contribution in [0.25, 0.3) is 10.8 Å². The molecule has 3 rings (SSSR count). The van der Waals surface area contributed by atoms with Crippen molar-refractivity contribution in [1.29, 1.82) is 0 Å². The molecule has 0 radical (unpaired) electrons. The van der Waals surface area contributed by atoms with E-state index in [0.29, 0.717) is 10.8 Å². The van der Waals surface area contributed by atoms with Crippen LogP contribution in [0.4, 0.5) is 0 Å². The molecule has 2 aromatic rings. The predicted octanol–water partition coefficient (Wildman–Crippen LogP) is 3.59. The summed E-state index contributed by atoms with van der Waals surface area (Å²) in [6.07, 6.45) is 1.09. The first-order valence-corrected chi connectivity index (χ1v) is 8.42. The van der Waals surface area contributed by atoms with Gasteiger partial charge in [-0.25, -0.2) is 4.98 Å². The van der Waals surface area contributed by atoms with E-state index in [1.165, 1.54) is 11.3 Å². The van der Waals surface area contributed by atoms with Crippen molar-refractivity contribution in [3.05, 3.63) is 28.5 Å². The summed E-state index contributed by atoms with van der Waals surface area (Å²) in [6, 6.07) is 3.97. The molecule has 1 aliphatic heterocycles. The molecular formula is C16H23Cl2N3O2S. The van der Waals surface area contributed by atoms with Crippen LogP contribution >= 0.6 is 36.2 Å². The lowest BCUT2D eigenvalue weighted by Crippen LogP contribution is -2.50. The second-order valence-electron chi connectivity index (χ2n) is 5.89. The number of hydrogen-bond acceptors (Lipinski definition) is 5. The quantitative estimate of drug-likeness (QED) is 0.838. The van der Waals surface area contributed by atoms with Crippen molar-refractivity contribution in [2.45, 2.75) is 33.2 Å². The smallest absolute Gasteiger partial charge is 0.263 e. The average molecular weight is 392 g/mol. The van der Waals surface area contributed by atoms with Crippen LogP contribution in [0.15, 0.2) is 16.5 Å². The van der Waals surface area contributed by atoms with E-state index in [-0.39, 0.29) is 36.8 Å². The van der Waals surface area contributed by atoms with Gasteiger partial charge in [0, 0.05) is 12.6 Å². The Morgan fingerprint density at radius 3 is 2.75 bits per heavy atom. The molecule has 0 saturated carbocycles. The van der Waals surface area contributed by atoms with Gasteiger partial charge in [0.1, 0.15) is 10.6 Å². The van der Waals surface area contributed by atoms with E-state index in [0.717, 1.165) is 41.7 Å². The van der Waals surface area contributed by atoms with Crippen molar-refractivity contribution in [3.8, 4) is 10.8 Å². The number of aromatic nitrogens is 1. The van der Waals surface area contributed by atoms with Crippen LogP contribution in [0.5, 0.6) is 0 Å². The van der Waals surface area contributed by atoms with Gasteiger partial charge in [-0.15, -0.1) is 36.2 Å². The van der Waals surface area contributed by atoms with E-state index in [4.69, 9.17) is 4.42 Å². The molecular weight excluding hydrogens is 369 g/mol. The molecule has 24 heavy (non-hydrogen) atoms. The average Bonchev–Trinajstić information content (AvgIpc) is 3.07. The summed E-state index contributed by atoms with van der Waals surface area (Å²) in [4.78, 5) is 17.7. The molecule has 134 valence electrons. The highest BCUT2D eigenvalue weighted by molar-refractivity contribution is 7.17. The number of nitrogens with one attached hydrogen (secondary N) is 2. The molecule has 2 aromatic heterocycles. The Morgan fingerprint density at radius 1 is 1.38 bits per heavy atom. The molecule has 1 aliphatic rings. The van der Waals surface area contributed by atoms with Crippen LogP contribution in [0.1, 0.15) is 34.5 Å². The minimum Gasteiger partial charge on any atom is -0.459 e. The van der Waals surface area contributed by atoms with Gasteiger partial charge in [-0.1, -0.05) is 6.92 Å². The molecule has 0 aromatic carbocycles. The summed E-state index contributed by atoms with van der Waals surface area (Å²) < 4.78 is 5.59. The first-order valence-electron chi connectivity index (χ1n) is 7.60. The molecule has 8 heteroatoms. The number of carbonyl (C=O) groups is 1. The second-order valence-corrected chi connectivity index (χ2v) is 6.89. The molecule has 0 spiro atoms. The van der Waals surface area contributed by atoms with Gasteiger partial charge in [-0.3, -0.25) is 4.79 Å². The summed E-state index contributed by atoms with van der Waals surface area (Å²) in [6.45, 7) is 7.80. The topological polar surface area (TPSA) is 67.2 Å². The zero-order valence-electron chi connectivity index (χ0n) is 13.9. The Labute approximate surface area is 158 Å². The third-order valence-electron chi connectivity index (χ3n) is 4.10. The number of piperidine rings is 1. The minimum absolute atomic E-state index is 0. The maximum absolute atomic E-state index is 12.5. The third kappa shape index (κ3) is 4.51. The predicted molar refractivity (Wildman–Crippen MR) is 102 cm³/mol. The number of aryl methyl sites for hydroxylation is 2. The summed E-state index contributed by atoms with van der Waals surface area (Å²) in [5.41, 5.74) is 0.753. The molecule has 1 amide bonds. The molecule has 2 atom stereocenters. The fourth-order valence-corrected chi connectivity index (χ4v) is 3.61. The zero-order valence-corrected chi connectivity index (χ0v) is 16.4. The standard InChI is InChI=1S/C16H21N3O2S.2ClH/c1-9-6-7-17-8-12(9)19-15(20)14-11(3)18-16(22-14)13-5-4-10(2)21-13;;/h4-5,9,12,17H,6-8H2,1-3H3,(H,19,20);2*1H. The van der Waals surface area contributed by atoms with Crippen LogP contribution in [-0.4, -0.2) is 30.0 Å². The first-order chi connectivity index (χ1) is 10.5. The number of nitrogens with zero attached hydrogens (tertiary/aromatic N) is 1. The number of rotatable bonds is 3. The van der Waals surface area contributed by atoms with Gasteiger partial charge in [-0.2, -0.15) is 0 Å². The fourth-order valence-electron chi connectivity index (χ4n) is 2.68. The lowest BCUT2D eigenvalue weighted by atomic mass is 9.95. The van der Waals surface area contributed by atoms with E-state index in [1.807, 2.05) is 26.0 Å². The number of thiazole rings is 1. The Hall–Kier alpha value is -1.08. The zero-order chi connectivity index (χ0) is 15.7. The monoisotopic (exact) mass is 391 g/mol. The maximum atomic E-state index is 12.5. The fraction of sp³-hybridized carbons (Fsp3) is 0.500. The Kier molecular flexibility index (Phi) is 7.73. The molecule has 0 aliphatic carbocycles. The van der Waals surface area contributed by atoms with Crippen LogP contribution in [0.2, 0.25) is 0 Å². The van der Waals surface area contributed by atoms with E-state index in [1.54, 1.807) is 0 Å². The molecule has 2 N–H and O–H groups in total. The lowest BCUT2D eigenvalue weighted by molar-refractivity contribution is 0.0918.